The van der Waals surface area contributed by atoms with Gasteiger partial charge in [0.2, 0.25) is 0 Å². The number of hydrogen-bond acceptors (Lipinski definition) is 3. The van der Waals surface area contributed by atoms with E-state index in [1.807, 2.05) is 13.0 Å². The summed E-state index contributed by atoms with van der Waals surface area (Å²) in [6, 6.07) is 5.69. The van der Waals surface area contributed by atoms with Crippen LogP contribution in [0.4, 0.5) is 0 Å². The first-order valence-electron chi connectivity index (χ1n) is 9.42. The molecule has 1 N–H and O–H groups in total. The highest BCUT2D eigenvalue weighted by atomic mass is 16.1. The Morgan fingerprint density at radius 3 is 2.56 bits per heavy atom. The molecule has 1 aliphatic rings. The zero-order chi connectivity index (χ0) is 17.8. The molecular formula is C20H27N3O2. The van der Waals surface area contributed by atoms with E-state index in [0.717, 1.165) is 18.4 Å². The molecule has 1 aromatic heterocycles. The molecule has 0 spiro atoms. The normalized spacial score (nSPS) is 16.4. The fraction of sp³-hybridized carbons (Fsp3) is 0.550. The van der Waals surface area contributed by atoms with E-state index < -0.39 is 0 Å². The van der Waals surface area contributed by atoms with E-state index in [9.17, 15) is 9.59 Å². The SMILES string of the molecule is CCn1c(=O)c(C)nc2cc(C(=O)NC3CCCCCCC3)ccc21. The average Bonchev–Trinajstić information content (AvgIpc) is 2.58. The Bertz CT molecular complexity index is 818. The number of aromatic nitrogens is 2. The van der Waals surface area contributed by atoms with Gasteiger partial charge in [-0.15, -0.1) is 0 Å². The van der Waals surface area contributed by atoms with Gasteiger partial charge in [0.15, 0.2) is 0 Å². The Morgan fingerprint density at radius 1 is 1.20 bits per heavy atom. The Labute approximate surface area is 148 Å². The van der Waals surface area contributed by atoms with Crippen molar-refractivity contribution in [3.63, 3.8) is 0 Å². The van der Waals surface area contributed by atoms with E-state index in [4.69, 9.17) is 0 Å². The summed E-state index contributed by atoms with van der Waals surface area (Å²) in [5.74, 6) is -0.0406. The second-order valence-electron chi connectivity index (χ2n) is 6.97. The van der Waals surface area contributed by atoms with Crippen LogP contribution < -0.4 is 10.9 Å². The molecule has 0 unspecified atom stereocenters. The molecule has 134 valence electrons. The van der Waals surface area contributed by atoms with E-state index in [1.54, 1.807) is 23.6 Å². The van der Waals surface area contributed by atoms with Crippen molar-refractivity contribution in [2.75, 3.05) is 0 Å². The van der Waals surface area contributed by atoms with E-state index >= 15 is 0 Å². The summed E-state index contributed by atoms with van der Waals surface area (Å²) in [7, 11) is 0. The number of aryl methyl sites for hydroxylation is 2. The molecule has 25 heavy (non-hydrogen) atoms. The van der Waals surface area contributed by atoms with Crippen LogP contribution in [0.2, 0.25) is 0 Å². The highest BCUT2D eigenvalue weighted by Gasteiger charge is 2.16. The van der Waals surface area contributed by atoms with Gasteiger partial charge in [-0.3, -0.25) is 9.59 Å². The van der Waals surface area contributed by atoms with Crippen molar-refractivity contribution in [2.45, 2.75) is 71.4 Å². The predicted molar refractivity (Wildman–Crippen MR) is 100.0 cm³/mol. The Balaban J connectivity index is 1.84. The van der Waals surface area contributed by atoms with Gasteiger partial charge < -0.3 is 9.88 Å². The zero-order valence-corrected chi connectivity index (χ0v) is 15.2. The molecule has 1 heterocycles. The molecule has 1 saturated carbocycles. The lowest BCUT2D eigenvalue weighted by Gasteiger charge is -2.21. The van der Waals surface area contributed by atoms with Crippen LogP contribution in [0.5, 0.6) is 0 Å². The molecule has 5 heteroatoms. The summed E-state index contributed by atoms with van der Waals surface area (Å²) in [6.45, 7) is 4.25. The topological polar surface area (TPSA) is 64.0 Å². The van der Waals surface area contributed by atoms with Crippen molar-refractivity contribution >= 4 is 16.9 Å². The van der Waals surface area contributed by atoms with Crippen LogP contribution >= 0.6 is 0 Å². The smallest absolute Gasteiger partial charge is 0.272 e. The highest BCUT2D eigenvalue weighted by molar-refractivity contribution is 5.97. The number of carbonyl (C=O) groups is 1. The molecule has 0 atom stereocenters. The van der Waals surface area contributed by atoms with E-state index in [-0.39, 0.29) is 17.5 Å². The van der Waals surface area contributed by atoms with Crippen molar-refractivity contribution in [3.8, 4) is 0 Å². The summed E-state index contributed by atoms with van der Waals surface area (Å²) >= 11 is 0. The molecular weight excluding hydrogens is 314 g/mol. The summed E-state index contributed by atoms with van der Waals surface area (Å²) in [5.41, 5.74) is 2.49. The first kappa shape index (κ1) is 17.6. The molecule has 1 amide bonds. The molecule has 2 aromatic rings. The van der Waals surface area contributed by atoms with Gasteiger partial charge in [0.1, 0.15) is 5.69 Å². The van der Waals surface area contributed by atoms with Crippen LogP contribution in [0.15, 0.2) is 23.0 Å². The lowest BCUT2D eigenvalue weighted by Crippen LogP contribution is -2.35. The van der Waals surface area contributed by atoms with Crippen LogP contribution in [-0.4, -0.2) is 21.5 Å². The van der Waals surface area contributed by atoms with Gasteiger partial charge in [-0.25, -0.2) is 4.98 Å². The predicted octanol–water partition coefficient (Wildman–Crippen LogP) is 3.57. The van der Waals surface area contributed by atoms with Gasteiger partial charge in [0.05, 0.1) is 11.0 Å². The van der Waals surface area contributed by atoms with Crippen molar-refractivity contribution in [3.05, 3.63) is 39.8 Å². The number of nitrogens with one attached hydrogen (secondary N) is 1. The van der Waals surface area contributed by atoms with Gasteiger partial charge in [-0.1, -0.05) is 32.1 Å². The Hall–Kier alpha value is -2.17. The molecule has 1 fully saturated rings. The molecule has 5 nitrogen and oxygen atoms in total. The van der Waals surface area contributed by atoms with Crippen LogP contribution in [-0.2, 0) is 6.54 Å². The fourth-order valence-corrected chi connectivity index (χ4v) is 3.70. The Kier molecular flexibility index (Phi) is 5.51. The number of hydrogen-bond donors (Lipinski definition) is 1. The van der Waals surface area contributed by atoms with Crippen LogP contribution in [0.25, 0.3) is 11.0 Å². The molecule has 1 aliphatic carbocycles. The molecule has 0 saturated heterocycles. The van der Waals surface area contributed by atoms with Gasteiger partial charge in [0.25, 0.3) is 11.5 Å². The Morgan fingerprint density at radius 2 is 1.88 bits per heavy atom. The van der Waals surface area contributed by atoms with E-state index in [1.165, 1.54) is 32.1 Å². The van der Waals surface area contributed by atoms with E-state index in [2.05, 4.69) is 10.3 Å². The fourth-order valence-electron chi connectivity index (χ4n) is 3.70. The number of rotatable bonds is 3. The van der Waals surface area contributed by atoms with Crippen molar-refractivity contribution in [2.24, 2.45) is 0 Å². The van der Waals surface area contributed by atoms with Crippen LogP contribution in [0, 0.1) is 6.92 Å². The maximum atomic E-state index is 12.7. The number of nitrogens with zero attached hydrogens (tertiary/aromatic N) is 2. The summed E-state index contributed by atoms with van der Waals surface area (Å²) in [5, 5.41) is 3.19. The van der Waals surface area contributed by atoms with E-state index in [0.29, 0.717) is 23.3 Å². The van der Waals surface area contributed by atoms with Gasteiger partial charge in [-0.05, 0) is 44.9 Å². The molecule has 0 aliphatic heterocycles. The monoisotopic (exact) mass is 341 g/mol. The summed E-state index contributed by atoms with van der Waals surface area (Å²) in [6.07, 6.45) is 8.34. The summed E-state index contributed by atoms with van der Waals surface area (Å²) < 4.78 is 1.70. The molecule has 0 bridgehead atoms. The average molecular weight is 341 g/mol. The largest absolute Gasteiger partial charge is 0.349 e. The molecule has 1 aromatic carbocycles. The lowest BCUT2D eigenvalue weighted by molar-refractivity contribution is 0.0930. The van der Waals surface area contributed by atoms with Crippen LogP contribution in [0.1, 0.15) is 67.9 Å². The van der Waals surface area contributed by atoms with Crippen molar-refractivity contribution in [1.29, 1.82) is 0 Å². The standard InChI is InChI=1S/C20H27N3O2/c1-3-23-18-12-11-15(13-17(18)21-14(2)20(23)25)19(24)22-16-9-7-5-4-6-8-10-16/h11-13,16H,3-10H2,1-2H3,(H,22,24). The highest BCUT2D eigenvalue weighted by Crippen LogP contribution is 2.18. The third kappa shape index (κ3) is 3.91. The second kappa shape index (κ2) is 7.81. The minimum absolute atomic E-state index is 0.0406. The minimum Gasteiger partial charge on any atom is -0.349 e. The van der Waals surface area contributed by atoms with Gasteiger partial charge in [-0.2, -0.15) is 0 Å². The van der Waals surface area contributed by atoms with Crippen molar-refractivity contribution < 1.29 is 4.79 Å². The maximum absolute atomic E-state index is 12.7. The molecule has 3 rings (SSSR count). The lowest BCUT2D eigenvalue weighted by atomic mass is 9.96. The first-order chi connectivity index (χ1) is 12.1. The number of carbonyl (C=O) groups excluding carboxylic acids is 1. The minimum atomic E-state index is -0.0678. The second-order valence-corrected chi connectivity index (χ2v) is 6.97. The number of fused-ring (bicyclic) bond motifs is 1. The number of benzene rings is 1. The maximum Gasteiger partial charge on any atom is 0.272 e. The van der Waals surface area contributed by atoms with Crippen LogP contribution in [0.3, 0.4) is 0 Å². The zero-order valence-electron chi connectivity index (χ0n) is 15.2. The number of amides is 1. The van der Waals surface area contributed by atoms with Gasteiger partial charge >= 0.3 is 0 Å². The third-order valence-corrected chi connectivity index (χ3v) is 5.13. The quantitative estimate of drug-likeness (QED) is 0.928. The van der Waals surface area contributed by atoms with Crippen molar-refractivity contribution in [1.82, 2.24) is 14.9 Å². The summed E-state index contributed by atoms with van der Waals surface area (Å²) in [4.78, 5) is 29.2. The molecule has 0 radical (unpaired) electrons. The van der Waals surface area contributed by atoms with Gasteiger partial charge in [0, 0.05) is 18.2 Å². The first-order valence-corrected chi connectivity index (χ1v) is 9.42. The third-order valence-electron chi connectivity index (χ3n) is 5.13.